The Hall–Kier alpha value is -1.91. The van der Waals surface area contributed by atoms with Crippen molar-refractivity contribution >= 4 is 22.9 Å². The number of benzene rings is 1. The number of fused-ring (bicyclic) bond motifs is 1. The topological polar surface area (TPSA) is 46.3 Å². The molecule has 1 aliphatic heterocycles. The van der Waals surface area contributed by atoms with Gasteiger partial charge in [-0.1, -0.05) is 19.0 Å². The van der Waals surface area contributed by atoms with Crippen LogP contribution in [0.2, 0.25) is 0 Å². The third-order valence-electron chi connectivity index (χ3n) is 4.20. The number of aryl methyl sites for hydroxylation is 1. The Morgan fingerprint density at radius 1 is 1.38 bits per heavy atom. The highest BCUT2D eigenvalue weighted by Crippen LogP contribution is 2.35. The van der Waals surface area contributed by atoms with Crippen LogP contribution in [0.25, 0.3) is 11.0 Å². The van der Waals surface area contributed by atoms with Gasteiger partial charge in [-0.05, 0) is 31.2 Å². The summed E-state index contributed by atoms with van der Waals surface area (Å²) in [5.41, 5.74) is 1.46. The number of carbonyl (C=O) groups excluding carboxylic acids is 1. The zero-order chi connectivity index (χ0) is 15.1. The van der Waals surface area contributed by atoms with Gasteiger partial charge in [0, 0.05) is 24.0 Å². The second kappa shape index (κ2) is 5.13. The van der Waals surface area contributed by atoms with E-state index in [1.54, 1.807) is 13.0 Å². The third-order valence-corrected chi connectivity index (χ3v) is 4.20. The Morgan fingerprint density at radius 2 is 2.05 bits per heavy atom. The Balaban J connectivity index is 2.16. The van der Waals surface area contributed by atoms with E-state index in [2.05, 4.69) is 19.0 Å². The van der Waals surface area contributed by atoms with Crippen LogP contribution < -0.4 is 4.90 Å². The lowest BCUT2D eigenvalue weighted by molar-refractivity contribution is 0.112. The zero-order valence-corrected chi connectivity index (χ0v) is 12.5. The van der Waals surface area contributed by atoms with Crippen LogP contribution in [0.3, 0.4) is 0 Å². The average molecular weight is 290 g/mol. The van der Waals surface area contributed by atoms with Crippen molar-refractivity contribution in [1.29, 1.82) is 0 Å². The minimum absolute atomic E-state index is 0.138. The van der Waals surface area contributed by atoms with Crippen LogP contribution in [-0.4, -0.2) is 24.5 Å². The van der Waals surface area contributed by atoms with Crippen LogP contribution in [0.1, 0.15) is 36.3 Å². The number of hydrogen-bond acceptors (Lipinski definition) is 4. The van der Waals surface area contributed by atoms with Crippen molar-refractivity contribution in [1.82, 2.24) is 5.16 Å². The fraction of sp³-hybridized carbons (Fsp3) is 0.500. The molecule has 0 bridgehead atoms. The van der Waals surface area contributed by atoms with Crippen molar-refractivity contribution in [2.24, 2.45) is 11.8 Å². The molecular weight excluding hydrogens is 271 g/mol. The SMILES string of the molecule is Cc1noc2c(F)c(N3CC(C)CC(C)C3)c(C=O)cc12. The van der Waals surface area contributed by atoms with Gasteiger partial charge in [0.2, 0.25) is 5.58 Å². The molecule has 1 aliphatic rings. The van der Waals surface area contributed by atoms with E-state index < -0.39 is 5.82 Å². The van der Waals surface area contributed by atoms with Gasteiger partial charge in [0.25, 0.3) is 0 Å². The van der Waals surface area contributed by atoms with E-state index in [0.717, 1.165) is 19.5 Å². The smallest absolute Gasteiger partial charge is 0.204 e. The summed E-state index contributed by atoms with van der Waals surface area (Å²) in [6.45, 7) is 7.54. The quantitative estimate of drug-likeness (QED) is 0.793. The summed E-state index contributed by atoms with van der Waals surface area (Å²) < 4.78 is 19.9. The first-order valence-electron chi connectivity index (χ1n) is 7.29. The van der Waals surface area contributed by atoms with Crippen LogP contribution in [-0.2, 0) is 0 Å². The number of halogens is 1. The maximum absolute atomic E-state index is 14.8. The van der Waals surface area contributed by atoms with Crippen LogP contribution in [0.5, 0.6) is 0 Å². The number of rotatable bonds is 2. The predicted molar refractivity (Wildman–Crippen MR) is 79.2 cm³/mol. The van der Waals surface area contributed by atoms with Crippen molar-refractivity contribution < 1.29 is 13.7 Å². The second-order valence-corrected chi connectivity index (χ2v) is 6.24. The summed E-state index contributed by atoms with van der Waals surface area (Å²) in [7, 11) is 0. The van der Waals surface area contributed by atoms with Crippen molar-refractivity contribution in [2.45, 2.75) is 27.2 Å². The standard InChI is InChI=1S/C16H19FN2O2/c1-9-4-10(2)7-19(6-9)15-12(8-20)5-13-11(3)18-21-16(13)14(15)17/h5,8-10H,4,6-7H2,1-3H3. The van der Waals surface area contributed by atoms with E-state index in [9.17, 15) is 9.18 Å². The summed E-state index contributed by atoms with van der Waals surface area (Å²) >= 11 is 0. The van der Waals surface area contributed by atoms with Gasteiger partial charge in [0.15, 0.2) is 12.1 Å². The molecule has 5 heteroatoms. The summed E-state index contributed by atoms with van der Waals surface area (Å²) in [4.78, 5) is 13.4. The number of aldehydes is 1. The number of aromatic nitrogens is 1. The minimum Gasteiger partial charge on any atom is -0.368 e. The van der Waals surface area contributed by atoms with Gasteiger partial charge in [-0.2, -0.15) is 0 Å². The molecule has 1 aromatic carbocycles. The third kappa shape index (κ3) is 2.30. The molecule has 2 aromatic rings. The number of nitrogens with zero attached hydrogens (tertiary/aromatic N) is 2. The lowest BCUT2D eigenvalue weighted by Crippen LogP contribution is -2.39. The predicted octanol–water partition coefficient (Wildman–Crippen LogP) is 3.57. The second-order valence-electron chi connectivity index (χ2n) is 6.24. The highest BCUT2D eigenvalue weighted by molar-refractivity contribution is 5.95. The highest BCUT2D eigenvalue weighted by Gasteiger charge is 2.28. The molecule has 0 amide bonds. The zero-order valence-electron chi connectivity index (χ0n) is 12.5. The summed E-state index contributed by atoms with van der Waals surface area (Å²) in [5.74, 6) is 0.469. The summed E-state index contributed by atoms with van der Waals surface area (Å²) in [6, 6.07) is 1.68. The van der Waals surface area contributed by atoms with Gasteiger partial charge in [-0.25, -0.2) is 4.39 Å². The van der Waals surface area contributed by atoms with Gasteiger partial charge in [-0.3, -0.25) is 4.79 Å². The van der Waals surface area contributed by atoms with Crippen molar-refractivity contribution in [3.05, 3.63) is 23.1 Å². The fourth-order valence-electron chi connectivity index (χ4n) is 3.42. The van der Waals surface area contributed by atoms with Gasteiger partial charge < -0.3 is 9.42 Å². The molecule has 2 atom stereocenters. The van der Waals surface area contributed by atoms with Gasteiger partial charge in [0.05, 0.1) is 11.4 Å². The van der Waals surface area contributed by atoms with Crippen molar-refractivity contribution in [3.63, 3.8) is 0 Å². The molecule has 1 saturated heterocycles. The highest BCUT2D eigenvalue weighted by atomic mass is 19.1. The van der Waals surface area contributed by atoms with E-state index in [1.807, 2.05) is 4.90 Å². The number of carbonyl (C=O) groups is 1. The molecular formula is C16H19FN2O2. The van der Waals surface area contributed by atoms with Gasteiger partial charge in [-0.15, -0.1) is 0 Å². The molecule has 3 rings (SSSR count). The number of hydrogen-bond donors (Lipinski definition) is 0. The first-order valence-corrected chi connectivity index (χ1v) is 7.29. The molecule has 1 fully saturated rings. The molecule has 112 valence electrons. The number of anilines is 1. The van der Waals surface area contributed by atoms with Crippen molar-refractivity contribution in [3.8, 4) is 0 Å². The molecule has 0 aliphatic carbocycles. The molecule has 1 aromatic heterocycles. The Kier molecular flexibility index (Phi) is 3.43. The van der Waals surface area contributed by atoms with E-state index in [0.29, 0.717) is 40.5 Å². The lowest BCUT2D eigenvalue weighted by Gasteiger charge is -2.37. The Bertz CT molecular complexity index is 685. The van der Waals surface area contributed by atoms with E-state index in [-0.39, 0.29) is 5.58 Å². The fourth-order valence-corrected chi connectivity index (χ4v) is 3.42. The summed E-state index contributed by atoms with van der Waals surface area (Å²) in [5, 5.41) is 4.36. The minimum atomic E-state index is -0.475. The normalized spacial score (nSPS) is 22.8. The monoisotopic (exact) mass is 290 g/mol. The van der Waals surface area contributed by atoms with Crippen LogP contribution in [0, 0.1) is 24.6 Å². The first-order chi connectivity index (χ1) is 10.0. The molecule has 0 spiro atoms. The van der Waals surface area contributed by atoms with Gasteiger partial charge in [0.1, 0.15) is 0 Å². The molecule has 0 saturated carbocycles. The molecule has 21 heavy (non-hydrogen) atoms. The first kappa shape index (κ1) is 14.0. The molecule has 0 N–H and O–H groups in total. The average Bonchev–Trinajstić information content (AvgIpc) is 2.79. The van der Waals surface area contributed by atoms with E-state index in [4.69, 9.17) is 4.52 Å². The van der Waals surface area contributed by atoms with Gasteiger partial charge >= 0.3 is 0 Å². The van der Waals surface area contributed by atoms with Crippen LogP contribution in [0.15, 0.2) is 10.6 Å². The largest absolute Gasteiger partial charge is 0.368 e. The van der Waals surface area contributed by atoms with Crippen LogP contribution in [0.4, 0.5) is 10.1 Å². The molecule has 2 unspecified atom stereocenters. The summed E-state index contributed by atoms with van der Waals surface area (Å²) in [6.07, 6.45) is 1.84. The lowest BCUT2D eigenvalue weighted by atomic mass is 9.91. The van der Waals surface area contributed by atoms with E-state index in [1.165, 1.54) is 0 Å². The maximum atomic E-state index is 14.8. The van der Waals surface area contributed by atoms with Crippen LogP contribution >= 0.6 is 0 Å². The van der Waals surface area contributed by atoms with Crippen molar-refractivity contribution in [2.75, 3.05) is 18.0 Å². The molecule has 4 nitrogen and oxygen atoms in total. The van der Waals surface area contributed by atoms with E-state index >= 15 is 0 Å². The Labute approximate surface area is 122 Å². The Morgan fingerprint density at radius 3 is 2.67 bits per heavy atom. The molecule has 2 heterocycles. The molecule has 0 radical (unpaired) electrons. The number of piperidine rings is 1. The maximum Gasteiger partial charge on any atom is 0.204 e.